The minimum absolute atomic E-state index is 0.101. The van der Waals surface area contributed by atoms with Gasteiger partial charge in [0.25, 0.3) is 5.91 Å². The Labute approximate surface area is 152 Å². The van der Waals surface area contributed by atoms with Gasteiger partial charge in [-0.25, -0.2) is 4.39 Å². The minimum Gasteiger partial charge on any atom is -0.494 e. The van der Waals surface area contributed by atoms with Crippen LogP contribution in [0.4, 0.5) is 10.1 Å². The molecule has 0 saturated heterocycles. The number of benzene rings is 2. The third kappa shape index (κ3) is 5.44. The van der Waals surface area contributed by atoms with Crippen LogP contribution in [0.3, 0.4) is 0 Å². The van der Waals surface area contributed by atoms with Gasteiger partial charge < -0.3 is 15.0 Å². The number of methoxy groups -OCH3 is 1. The predicted molar refractivity (Wildman–Crippen MR) is 97.8 cm³/mol. The highest BCUT2D eigenvalue weighted by molar-refractivity contribution is 6.31. The van der Waals surface area contributed by atoms with E-state index in [-0.39, 0.29) is 18.2 Å². The lowest BCUT2D eigenvalue weighted by Crippen LogP contribution is -3.11. The van der Waals surface area contributed by atoms with Crippen LogP contribution >= 0.6 is 11.6 Å². The van der Waals surface area contributed by atoms with Crippen molar-refractivity contribution >= 4 is 23.2 Å². The maximum Gasteiger partial charge on any atom is 0.279 e. The lowest BCUT2D eigenvalue weighted by molar-refractivity contribution is -0.903. The van der Waals surface area contributed by atoms with Gasteiger partial charge in [-0.3, -0.25) is 4.79 Å². The van der Waals surface area contributed by atoms with E-state index in [0.29, 0.717) is 17.3 Å². The molecule has 0 spiro atoms. The number of hydrogen-bond donors (Lipinski definition) is 2. The number of amides is 1. The van der Waals surface area contributed by atoms with Gasteiger partial charge in [-0.05, 0) is 49.7 Å². The van der Waals surface area contributed by atoms with Crippen molar-refractivity contribution in [2.75, 3.05) is 25.5 Å². The molecule has 0 radical (unpaired) electrons. The van der Waals surface area contributed by atoms with Crippen LogP contribution in [0.2, 0.25) is 5.02 Å². The summed E-state index contributed by atoms with van der Waals surface area (Å²) in [5, 5.41) is 3.47. The van der Waals surface area contributed by atoms with Gasteiger partial charge in [-0.2, -0.15) is 0 Å². The van der Waals surface area contributed by atoms with Crippen molar-refractivity contribution in [3.8, 4) is 5.75 Å². The number of hydrogen-bond acceptors (Lipinski definition) is 2. The average Bonchev–Trinajstić information content (AvgIpc) is 2.57. The van der Waals surface area contributed by atoms with Gasteiger partial charge in [0.1, 0.15) is 6.54 Å². The fourth-order valence-corrected chi connectivity index (χ4v) is 2.74. The van der Waals surface area contributed by atoms with Crippen molar-refractivity contribution in [3.05, 3.63) is 58.4 Å². The summed E-state index contributed by atoms with van der Waals surface area (Å²) in [5.41, 5.74) is 2.48. The third-order valence-corrected chi connectivity index (χ3v) is 4.29. The number of aryl methyl sites for hydroxylation is 1. The summed E-state index contributed by atoms with van der Waals surface area (Å²) < 4.78 is 18.7. The smallest absolute Gasteiger partial charge is 0.279 e. The second-order valence-electron chi connectivity index (χ2n) is 5.93. The summed E-state index contributed by atoms with van der Waals surface area (Å²) in [6, 6.07) is 10.3. The molecule has 0 aliphatic rings. The molecule has 4 nitrogen and oxygen atoms in total. The number of rotatable bonds is 7. The van der Waals surface area contributed by atoms with Crippen molar-refractivity contribution < 1.29 is 18.8 Å². The fourth-order valence-electron chi connectivity index (χ4n) is 2.57. The van der Waals surface area contributed by atoms with E-state index in [1.54, 1.807) is 18.2 Å². The molecule has 25 heavy (non-hydrogen) atoms. The molecule has 0 aliphatic carbocycles. The van der Waals surface area contributed by atoms with Crippen LogP contribution in [-0.4, -0.2) is 26.1 Å². The van der Waals surface area contributed by atoms with E-state index in [4.69, 9.17) is 16.3 Å². The van der Waals surface area contributed by atoms with E-state index in [0.717, 1.165) is 22.6 Å². The van der Waals surface area contributed by atoms with Gasteiger partial charge in [0.15, 0.2) is 18.1 Å². The van der Waals surface area contributed by atoms with E-state index in [1.165, 1.54) is 13.2 Å². The number of ether oxygens (including phenoxy) is 1. The molecule has 1 amide bonds. The van der Waals surface area contributed by atoms with Crippen LogP contribution in [0.25, 0.3) is 0 Å². The molecule has 0 saturated carbocycles. The first-order valence-corrected chi connectivity index (χ1v) is 8.52. The fraction of sp³-hybridized carbons (Fsp3) is 0.316. The highest BCUT2D eigenvalue weighted by atomic mass is 35.5. The van der Waals surface area contributed by atoms with E-state index in [2.05, 4.69) is 5.32 Å². The molecule has 2 N–H and O–H groups in total. The molecule has 0 heterocycles. The van der Waals surface area contributed by atoms with Crippen molar-refractivity contribution in [1.29, 1.82) is 0 Å². The van der Waals surface area contributed by atoms with E-state index in [1.807, 2.05) is 26.0 Å². The highest BCUT2D eigenvalue weighted by Crippen LogP contribution is 2.20. The molecule has 0 aromatic heterocycles. The van der Waals surface area contributed by atoms with Crippen LogP contribution in [-0.2, 0) is 11.3 Å². The van der Waals surface area contributed by atoms with Gasteiger partial charge in [0.2, 0.25) is 0 Å². The molecular formula is C19H23ClFN2O2+. The molecule has 0 aliphatic heterocycles. The van der Waals surface area contributed by atoms with Crippen LogP contribution < -0.4 is 15.0 Å². The first-order valence-electron chi connectivity index (χ1n) is 8.15. The normalized spacial score (nSPS) is 11.9. The molecule has 1 atom stereocenters. The standard InChI is InChI=1S/C19H22ClFN2O2/c1-4-23(11-14-6-8-18(25-3)16(21)9-14)12-19(24)22-17-10-15(20)7-5-13(17)2/h5-10H,4,11-12H2,1-3H3,(H,22,24)/p+1. The van der Waals surface area contributed by atoms with Crippen LogP contribution in [0.15, 0.2) is 36.4 Å². The summed E-state index contributed by atoms with van der Waals surface area (Å²) in [6.45, 7) is 5.49. The molecule has 134 valence electrons. The van der Waals surface area contributed by atoms with Crippen molar-refractivity contribution in [1.82, 2.24) is 0 Å². The first kappa shape index (κ1) is 19.2. The molecule has 2 aromatic rings. The van der Waals surface area contributed by atoms with Crippen LogP contribution in [0.5, 0.6) is 5.75 Å². The Hall–Kier alpha value is -2.11. The topological polar surface area (TPSA) is 42.8 Å². The number of carbonyl (C=O) groups is 1. The molecule has 2 rings (SSSR count). The summed E-state index contributed by atoms with van der Waals surface area (Å²) in [4.78, 5) is 13.4. The Morgan fingerprint density at radius 3 is 2.68 bits per heavy atom. The van der Waals surface area contributed by atoms with Crippen molar-refractivity contribution in [2.24, 2.45) is 0 Å². The molecule has 0 fully saturated rings. The number of halogens is 2. The maximum absolute atomic E-state index is 13.8. The second-order valence-corrected chi connectivity index (χ2v) is 6.37. The maximum atomic E-state index is 13.8. The zero-order chi connectivity index (χ0) is 18.4. The molecule has 2 aromatic carbocycles. The number of quaternary nitrogens is 1. The van der Waals surface area contributed by atoms with Crippen LogP contribution in [0, 0.1) is 12.7 Å². The highest BCUT2D eigenvalue weighted by Gasteiger charge is 2.15. The Morgan fingerprint density at radius 1 is 1.28 bits per heavy atom. The Morgan fingerprint density at radius 2 is 2.04 bits per heavy atom. The Balaban J connectivity index is 2.00. The summed E-state index contributed by atoms with van der Waals surface area (Å²) in [6.07, 6.45) is 0. The second kappa shape index (κ2) is 8.83. The lowest BCUT2D eigenvalue weighted by atomic mass is 10.2. The Bertz CT molecular complexity index is 752. The number of likely N-dealkylation sites (N-methyl/N-ethyl adjacent to an activating group) is 1. The van der Waals surface area contributed by atoms with Gasteiger partial charge >= 0.3 is 0 Å². The zero-order valence-corrected chi connectivity index (χ0v) is 15.4. The monoisotopic (exact) mass is 365 g/mol. The van der Waals surface area contributed by atoms with Gasteiger partial charge in [-0.1, -0.05) is 17.7 Å². The third-order valence-electron chi connectivity index (χ3n) is 4.05. The zero-order valence-electron chi connectivity index (χ0n) is 14.7. The SMILES string of the molecule is CC[NH+](CC(=O)Nc1cc(Cl)ccc1C)Cc1ccc(OC)c(F)c1. The predicted octanol–water partition coefficient (Wildman–Crippen LogP) is 2.84. The van der Waals surface area contributed by atoms with E-state index >= 15 is 0 Å². The lowest BCUT2D eigenvalue weighted by Gasteiger charge is -2.18. The van der Waals surface area contributed by atoms with E-state index < -0.39 is 5.82 Å². The summed E-state index contributed by atoms with van der Waals surface area (Å²) >= 11 is 5.98. The first-order chi connectivity index (χ1) is 11.9. The average molecular weight is 366 g/mol. The quantitative estimate of drug-likeness (QED) is 0.792. The minimum atomic E-state index is -0.394. The number of carbonyl (C=O) groups excluding carboxylic acids is 1. The van der Waals surface area contributed by atoms with Gasteiger partial charge in [-0.15, -0.1) is 0 Å². The number of anilines is 1. The van der Waals surface area contributed by atoms with E-state index in [9.17, 15) is 9.18 Å². The molecule has 0 bridgehead atoms. The largest absolute Gasteiger partial charge is 0.494 e. The summed E-state index contributed by atoms with van der Waals surface area (Å²) in [5.74, 6) is -0.276. The molecular weight excluding hydrogens is 343 g/mol. The molecule has 1 unspecified atom stereocenters. The molecule has 6 heteroatoms. The summed E-state index contributed by atoms with van der Waals surface area (Å²) in [7, 11) is 1.43. The van der Waals surface area contributed by atoms with Crippen molar-refractivity contribution in [3.63, 3.8) is 0 Å². The van der Waals surface area contributed by atoms with Crippen LogP contribution in [0.1, 0.15) is 18.1 Å². The van der Waals surface area contributed by atoms with Gasteiger partial charge in [0.05, 0.1) is 13.7 Å². The number of nitrogens with one attached hydrogen (secondary N) is 2. The Kier molecular flexibility index (Phi) is 6.79. The van der Waals surface area contributed by atoms with Crippen molar-refractivity contribution in [2.45, 2.75) is 20.4 Å². The van der Waals surface area contributed by atoms with Gasteiger partial charge in [0, 0.05) is 16.3 Å².